The van der Waals surface area contributed by atoms with Crippen LogP contribution in [0.15, 0.2) is 24.3 Å². The van der Waals surface area contributed by atoms with E-state index in [1.807, 2.05) is 31.2 Å². The van der Waals surface area contributed by atoms with Gasteiger partial charge < -0.3 is 10.1 Å². The molecule has 84 valence electrons. The zero-order valence-electron chi connectivity index (χ0n) is 9.40. The van der Waals surface area contributed by atoms with Crippen LogP contribution in [0.4, 0.5) is 0 Å². The molecule has 1 aromatic carbocycles. The van der Waals surface area contributed by atoms with E-state index in [4.69, 9.17) is 15.3 Å². The minimum absolute atomic E-state index is 0.121. The van der Waals surface area contributed by atoms with Crippen molar-refractivity contribution in [2.45, 2.75) is 13.0 Å². The SMILES string of the molecule is C[C@H]1COC(=c2ccc(=C(C#N)C#N)cc2)N1. The monoisotopic (exact) mass is 225 g/mol. The first kappa shape index (κ1) is 11.0. The van der Waals surface area contributed by atoms with Crippen LogP contribution < -0.4 is 15.8 Å². The molecule has 0 aliphatic carbocycles. The number of nitriles is 2. The molecular weight excluding hydrogens is 214 g/mol. The van der Waals surface area contributed by atoms with E-state index in [9.17, 15) is 0 Å². The van der Waals surface area contributed by atoms with Gasteiger partial charge in [0.1, 0.15) is 24.3 Å². The zero-order valence-corrected chi connectivity index (χ0v) is 9.40. The first-order valence-corrected chi connectivity index (χ1v) is 5.29. The molecule has 1 aliphatic heterocycles. The summed E-state index contributed by atoms with van der Waals surface area (Å²) < 4.78 is 5.47. The van der Waals surface area contributed by atoms with Gasteiger partial charge in [0.25, 0.3) is 0 Å². The molecule has 17 heavy (non-hydrogen) atoms. The van der Waals surface area contributed by atoms with E-state index in [1.54, 1.807) is 12.1 Å². The van der Waals surface area contributed by atoms with E-state index >= 15 is 0 Å². The summed E-state index contributed by atoms with van der Waals surface area (Å²) in [6.45, 7) is 2.70. The second-order valence-electron chi connectivity index (χ2n) is 3.86. The van der Waals surface area contributed by atoms with Crippen molar-refractivity contribution in [1.29, 1.82) is 10.5 Å². The van der Waals surface area contributed by atoms with Crippen molar-refractivity contribution in [3.8, 4) is 12.1 Å². The van der Waals surface area contributed by atoms with Crippen molar-refractivity contribution in [2.75, 3.05) is 6.61 Å². The summed E-state index contributed by atoms with van der Waals surface area (Å²) in [5.74, 6) is 0.750. The van der Waals surface area contributed by atoms with Crippen LogP contribution in [-0.4, -0.2) is 12.6 Å². The number of hydrogen-bond donors (Lipinski definition) is 1. The molecule has 1 aromatic rings. The van der Waals surface area contributed by atoms with Crippen molar-refractivity contribution < 1.29 is 4.74 Å². The Morgan fingerprint density at radius 1 is 1.29 bits per heavy atom. The molecule has 0 bridgehead atoms. The Kier molecular flexibility index (Phi) is 2.98. The van der Waals surface area contributed by atoms with Crippen LogP contribution >= 0.6 is 0 Å². The van der Waals surface area contributed by atoms with Crippen LogP contribution in [0.3, 0.4) is 0 Å². The summed E-state index contributed by atoms with van der Waals surface area (Å²) >= 11 is 0. The standard InChI is InChI=1S/C13H11N3O/c1-9-8-17-13(16-9)11-4-2-10(3-5-11)12(6-14)7-15/h2-5,9,16H,8H2,1H3/t9-/m0/s1. The average molecular weight is 225 g/mol. The lowest BCUT2D eigenvalue weighted by Gasteiger charge is -1.98. The molecule has 2 rings (SSSR count). The van der Waals surface area contributed by atoms with E-state index in [0.29, 0.717) is 17.9 Å². The van der Waals surface area contributed by atoms with Gasteiger partial charge in [0.2, 0.25) is 0 Å². The summed E-state index contributed by atoms with van der Waals surface area (Å²) in [6.07, 6.45) is 0. The fourth-order valence-corrected chi connectivity index (χ4v) is 1.62. The van der Waals surface area contributed by atoms with Crippen LogP contribution in [0.1, 0.15) is 6.92 Å². The van der Waals surface area contributed by atoms with Gasteiger partial charge in [0.05, 0.1) is 6.04 Å². The topological polar surface area (TPSA) is 68.8 Å². The molecule has 1 N–H and O–H groups in total. The summed E-state index contributed by atoms with van der Waals surface area (Å²) in [5, 5.41) is 22.2. The zero-order chi connectivity index (χ0) is 12.3. The lowest BCUT2D eigenvalue weighted by atomic mass is 10.2. The molecule has 1 heterocycles. The van der Waals surface area contributed by atoms with Crippen LogP contribution in [0, 0.1) is 22.7 Å². The molecule has 4 nitrogen and oxygen atoms in total. The summed E-state index contributed by atoms with van der Waals surface area (Å²) in [5.41, 5.74) is 0.121. The van der Waals surface area contributed by atoms with Crippen LogP contribution in [0.5, 0.6) is 0 Å². The van der Waals surface area contributed by atoms with Gasteiger partial charge in [-0.15, -0.1) is 0 Å². The Labute approximate surface area is 99.0 Å². The lowest BCUT2D eigenvalue weighted by Crippen LogP contribution is -2.22. The molecule has 4 heteroatoms. The summed E-state index contributed by atoms with van der Waals surface area (Å²) in [4.78, 5) is 0. The highest BCUT2D eigenvalue weighted by molar-refractivity contribution is 5.72. The fraction of sp³-hybridized carbons (Fsp3) is 0.231. The van der Waals surface area contributed by atoms with E-state index < -0.39 is 0 Å². The van der Waals surface area contributed by atoms with Crippen molar-refractivity contribution in [2.24, 2.45) is 0 Å². The van der Waals surface area contributed by atoms with Crippen molar-refractivity contribution in [3.05, 3.63) is 34.7 Å². The third-order valence-corrected chi connectivity index (χ3v) is 2.51. The van der Waals surface area contributed by atoms with Crippen molar-refractivity contribution in [1.82, 2.24) is 5.32 Å². The number of rotatable bonds is 0. The Morgan fingerprint density at radius 2 is 1.94 bits per heavy atom. The van der Waals surface area contributed by atoms with Crippen LogP contribution in [-0.2, 0) is 4.74 Å². The Morgan fingerprint density at radius 3 is 2.41 bits per heavy atom. The van der Waals surface area contributed by atoms with Crippen LogP contribution in [0.2, 0.25) is 0 Å². The smallest absolute Gasteiger partial charge is 0.194 e. The maximum Gasteiger partial charge on any atom is 0.194 e. The largest absolute Gasteiger partial charge is 0.477 e. The second-order valence-corrected chi connectivity index (χ2v) is 3.86. The molecule has 0 saturated carbocycles. The highest BCUT2D eigenvalue weighted by atomic mass is 16.5. The number of nitrogens with one attached hydrogen (secondary N) is 1. The van der Waals surface area contributed by atoms with Gasteiger partial charge in [-0.1, -0.05) is 12.1 Å². The third kappa shape index (κ3) is 2.21. The number of ether oxygens (including phenoxy) is 1. The Bertz CT molecular complexity index is 595. The molecule has 1 fully saturated rings. The van der Waals surface area contributed by atoms with Gasteiger partial charge in [0.15, 0.2) is 5.88 Å². The van der Waals surface area contributed by atoms with E-state index in [0.717, 1.165) is 11.1 Å². The normalized spacial score (nSPS) is 17.6. The van der Waals surface area contributed by atoms with E-state index in [-0.39, 0.29) is 5.57 Å². The van der Waals surface area contributed by atoms with Crippen molar-refractivity contribution >= 4 is 11.5 Å². The second kappa shape index (κ2) is 4.59. The quantitative estimate of drug-likeness (QED) is 0.672. The van der Waals surface area contributed by atoms with Gasteiger partial charge in [-0.2, -0.15) is 10.5 Å². The summed E-state index contributed by atoms with van der Waals surface area (Å²) in [7, 11) is 0. The minimum Gasteiger partial charge on any atom is -0.477 e. The number of benzene rings is 1. The fourth-order valence-electron chi connectivity index (χ4n) is 1.62. The van der Waals surface area contributed by atoms with Crippen molar-refractivity contribution in [3.63, 3.8) is 0 Å². The number of hydrogen-bond acceptors (Lipinski definition) is 4. The average Bonchev–Trinajstić information content (AvgIpc) is 2.78. The first-order valence-electron chi connectivity index (χ1n) is 5.29. The molecule has 0 spiro atoms. The number of nitrogens with zero attached hydrogens (tertiary/aromatic N) is 2. The van der Waals surface area contributed by atoms with Gasteiger partial charge >= 0.3 is 0 Å². The maximum absolute atomic E-state index is 8.74. The summed E-state index contributed by atoms with van der Waals surface area (Å²) in [6, 6.07) is 11.2. The Hall–Kier alpha value is -2.46. The van der Waals surface area contributed by atoms with Gasteiger partial charge in [0, 0.05) is 10.4 Å². The predicted octanol–water partition coefficient (Wildman–Crippen LogP) is -0.0415. The molecule has 1 saturated heterocycles. The molecular formula is C13H11N3O. The Balaban J connectivity index is 2.49. The van der Waals surface area contributed by atoms with Gasteiger partial charge in [-0.05, 0) is 19.1 Å². The molecule has 1 atom stereocenters. The van der Waals surface area contributed by atoms with Crippen LogP contribution in [0.25, 0.3) is 11.5 Å². The minimum atomic E-state index is 0.121. The molecule has 0 amide bonds. The molecule has 0 aromatic heterocycles. The lowest BCUT2D eigenvalue weighted by molar-refractivity contribution is 0.306. The van der Waals surface area contributed by atoms with E-state index in [1.165, 1.54) is 0 Å². The first-order chi connectivity index (χ1) is 8.24. The maximum atomic E-state index is 8.74. The van der Waals surface area contributed by atoms with Gasteiger partial charge in [-0.25, -0.2) is 0 Å². The molecule has 0 radical (unpaired) electrons. The van der Waals surface area contributed by atoms with E-state index in [2.05, 4.69) is 5.32 Å². The molecule has 0 unspecified atom stereocenters. The van der Waals surface area contributed by atoms with Gasteiger partial charge in [-0.3, -0.25) is 0 Å². The highest BCUT2D eigenvalue weighted by Crippen LogP contribution is 2.04. The third-order valence-electron chi connectivity index (χ3n) is 2.51. The molecule has 1 aliphatic rings. The predicted molar refractivity (Wildman–Crippen MR) is 62.3 cm³/mol. The highest BCUT2D eigenvalue weighted by Gasteiger charge is 2.14.